The van der Waals surface area contributed by atoms with Crippen molar-refractivity contribution in [1.29, 1.82) is 0 Å². The third-order valence-corrected chi connectivity index (χ3v) is 4.61. The molecule has 6 heteroatoms. The van der Waals surface area contributed by atoms with E-state index in [0.717, 1.165) is 25.0 Å². The van der Waals surface area contributed by atoms with Crippen molar-refractivity contribution in [1.82, 2.24) is 4.83 Å². The van der Waals surface area contributed by atoms with Gasteiger partial charge in [-0.05, 0) is 49.4 Å². The molecule has 2 rings (SSSR count). The Morgan fingerprint density at radius 3 is 2.58 bits per heavy atom. The number of rotatable bonds is 3. The van der Waals surface area contributed by atoms with E-state index in [1.807, 2.05) is 0 Å². The number of nitrogens with two attached hydrogens (primary N) is 1. The third-order valence-electron chi connectivity index (χ3n) is 3.39. The summed E-state index contributed by atoms with van der Waals surface area (Å²) in [4.78, 5) is 2.49. The first-order valence-electron chi connectivity index (χ1n) is 6.43. The molecule has 0 unspecified atom stereocenters. The van der Waals surface area contributed by atoms with Crippen molar-refractivity contribution >= 4 is 21.4 Å². The van der Waals surface area contributed by atoms with Crippen LogP contribution in [-0.4, -0.2) is 14.1 Å². The molecule has 5 nitrogen and oxygen atoms in total. The second-order valence-electron chi connectivity index (χ2n) is 4.91. The standard InChI is InChI=1S/C13H19N3O2S/c1-10-4-2-3-5-13(10)15-16-19(17,18)12-8-6-11(14)7-9-12/h6-10,16H,2-5,14H2,1H3/b15-13-/t10-/m1/s1. The number of benzene rings is 1. The van der Waals surface area contributed by atoms with Gasteiger partial charge in [0.1, 0.15) is 0 Å². The van der Waals surface area contributed by atoms with E-state index in [1.54, 1.807) is 12.1 Å². The van der Waals surface area contributed by atoms with Crippen LogP contribution in [0.3, 0.4) is 0 Å². The Bertz CT molecular complexity index is 564. The van der Waals surface area contributed by atoms with Crippen LogP contribution in [0.25, 0.3) is 0 Å². The molecule has 104 valence electrons. The smallest absolute Gasteiger partial charge is 0.276 e. The quantitative estimate of drug-likeness (QED) is 0.657. The molecule has 0 amide bonds. The van der Waals surface area contributed by atoms with Crippen LogP contribution in [-0.2, 0) is 10.0 Å². The van der Waals surface area contributed by atoms with Gasteiger partial charge in [-0.25, -0.2) is 4.83 Å². The number of anilines is 1. The fourth-order valence-corrected chi connectivity index (χ4v) is 2.99. The Hall–Kier alpha value is -1.56. The van der Waals surface area contributed by atoms with E-state index >= 15 is 0 Å². The Labute approximate surface area is 113 Å². The molecular formula is C13H19N3O2S. The fraction of sp³-hybridized carbons (Fsp3) is 0.462. The van der Waals surface area contributed by atoms with E-state index in [1.165, 1.54) is 18.6 Å². The lowest BCUT2D eigenvalue weighted by Crippen LogP contribution is -2.24. The van der Waals surface area contributed by atoms with Gasteiger partial charge in [-0.2, -0.15) is 13.5 Å². The maximum atomic E-state index is 12.0. The van der Waals surface area contributed by atoms with Crippen LogP contribution >= 0.6 is 0 Å². The first-order valence-corrected chi connectivity index (χ1v) is 7.91. The molecule has 0 saturated heterocycles. The van der Waals surface area contributed by atoms with Crippen molar-refractivity contribution in [2.24, 2.45) is 11.0 Å². The monoisotopic (exact) mass is 281 g/mol. The SMILES string of the molecule is C[C@@H]1CCCC/C1=N/NS(=O)(=O)c1ccc(N)cc1. The predicted octanol–water partition coefficient (Wildman–Crippen LogP) is 2.11. The van der Waals surface area contributed by atoms with Gasteiger partial charge < -0.3 is 5.73 Å². The second kappa shape index (κ2) is 5.61. The predicted molar refractivity (Wildman–Crippen MR) is 76.2 cm³/mol. The van der Waals surface area contributed by atoms with Gasteiger partial charge in [0.05, 0.1) is 4.90 Å². The van der Waals surface area contributed by atoms with Gasteiger partial charge in [-0.3, -0.25) is 0 Å². The highest BCUT2D eigenvalue weighted by Crippen LogP contribution is 2.21. The highest BCUT2D eigenvalue weighted by Gasteiger charge is 2.18. The van der Waals surface area contributed by atoms with E-state index in [-0.39, 0.29) is 4.90 Å². The largest absolute Gasteiger partial charge is 0.399 e. The van der Waals surface area contributed by atoms with Crippen LogP contribution in [0.4, 0.5) is 5.69 Å². The lowest BCUT2D eigenvalue weighted by Gasteiger charge is -2.19. The molecule has 1 aromatic rings. The lowest BCUT2D eigenvalue weighted by atomic mass is 9.89. The molecule has 0 aliphatic heterocycles. The minimum absolute atomic E-state index is 0.175. The number of sulfonamides is 1. The van der Waals surface area contributed by atoms with E-state index in [2.05, 4.69) is 16.9 Å². The summed E-state index contributed by atoms with van der Waals surface area (Å²) in [6.45, 7) is 2.08. The maximum absolute atomic E-state index is 12.0. The molecule has 1 saturated carbocycles. The zero-order valence-electron chi connectivity index (χ0n) is 11.0. The van der Waals surface area contributed by atoms with Crippen LogP contribution in [0.1, 0.15) is 32.6 Å². The molecule has 3 N–H and O–H groups in total. The van der Waals surface area contributed by atoms with Gasteiger partial charge in [0.2, 0.25) is 0 Å². The molecule has 1 atom stereocenters. The summed E-state index contributed by atoms with van der Waals surface area (Å²) in [5.74, 6) is 0.350. The summed E-state index contributed by atoms with van der Waals surface area (Å²) in [6, 6.07) is 6.07. The van der Waals surface area contributed by atoms with Gasteiger partial charge in [0.25, 0.3) is 10.0 Å². The summed E-state index contributed by atoms with van der Waals surface area (Å²) < 4.78 is 24.1. The Kier molecular flexibility index (Phi) is 4.09. The first-order chi connectivity index (χ1) is 8.99. The van der Waals surface area contributed by atoms with E-state index in [9.17, 15) is 8.42 Å². The maximum Gasteiger partial charge on any atom is 0.276 e. The van der Waals surface area contributed by atoms with Crippen LogP contribution in [0.2, 0.25) is 0 Å². The van der Waals surface area contributed by atoms with Gasteiger partial charge in [-0.15, -0.1) is 0 Å². The van der Waals surface area contributed by atoms with Crippen molar-refractivity contribution < 1.29 is 8.42 Å². The molecule has 1 aliphatic rings. The lowest BCUT2D eigenvalue weighted by molar-refractivity contribution is 0.552. The molecule has 1 fully saturated rings. The van der Waals surface area contributed by atoms with Crippen molar-refractivity contribution in [3.8, 4) is 0 Å². The summed E-state index contributed by atoms with van der Waals surface area (Å²) >= 11 is 0. The molecule has 19 heavy (non-hydrogen) atoms. The summed E-state index contributed by atoms with van der Waals surface area (Å²) in [5.41, 5.74) is 7.01. The molecule has 0 aromatic heterocycles. The Morgan fingerprint density at radius 2 is 1.95 bits per heavy atom. The summed E-state index contributed by atoms with van der Waals surface area (Å²) in [6.07, 6.45) is 4.20. The third kappa shape index (κ3) is 3.47. The van der Waals surface area contributed by atoms with E-state index in [0.29, 0.717) is 11.6 Å². The normalized spacial score (nSPS) is 22.4. The summed E-state index contributed by atoms with van der Waals surface area (Å²) in [5, 5.41) is 4.08. The van der Waals surface area contributed by atoms with Crippen LogP contribution in [0, 0.1) is 5.92 Å². The van der Waals surface area contributed by atoms with Crippen LogP contribution in [0.5, 0.6) is 0 Å². The number of hydrogen-bond acceptors (Lipinski definition) is 4. The average molecular weight is 281 g/mol. The highest BCUT2D eigenvalue weighted by molar-refractivity contribution is 7.89. The second-order valence-corrected chi connectivity index (χ2v) is 6.57. The summed E-state index contributed by atoms with van der Waals surface area (Å²) in [7, 11) is -3.59. The Balaban J connectivity index is 2.13. The molecule has 0 bridgehead atoms. The van der Waals surface area contributed by atoms with E-state index < -0.39 is 10.0 Å². The van der Waals surface area contributed by atoms with Gasteiger partial charge >= 0.3 is 0 Å². The molecule has 1 aliphatic carbocycles. The zero-order chi connectivity index (χ0) is 13.9. The van der Waals surface area contributed by atoms with Gasteiger partial charge in [0, 0.05) is 11.4 Å². The minimum atomic E-state index is -3.59. The first kappa shape index (κ1) is 13.9. The number of nitrogen functional groups attached to an aromatic ring is 1. The van der Waals surface area contributed by atoms with Crippen molar-refractivity contribution in [2.45, 2.75) is 37.5 Å². The van der Waals surface area contributed by atoms with Crippen molar-refractivity contribution in [3.63, 3.8) is 0 Å². The number of nitrogens with one attached hydrogen (secondary N) is 1. The number of hydrogen-bond donors (Lipinski definition) is 2. The zero-order valence-corrected chi connectivity index (χ0v) is 11.8. The molecule has 0 heterocycles. The molecular weight excluding hydrogens is 262 g/mol. The number of nitrogens with zero attached hydrogens (tertiary/aromatic N) is 1. The Morgan fingerprint density at radius 1 is 1.26 bits per heavy atom. The minimum Gasteiger partial charge on any atom is -0.399 e. The fourth-order valence-electron chi connectivity index (χ4n) is 2.15. The van der Waals surface area contributed by atoms with Crippen molar-refractivity contribution in [3.05, 3.63) is 24.3 Å². The number of hydrazone groups is 1. The molecule has 0 radical (unpaired) electrons. The molecule has 1 aromatic carbocycles. The van der Waals surface area contributed by atoms with Gasteiger partial charge in [0.15, 0.2) is 0 Å². The van der Waals surface area contributed by atoms with Crippen LogP contribution in [0.15, 0.2) is 34.3 Å². The van der Waals surface area contributed by atoms with E-state index in [4.69, 9.17) is 5.73 Å². The highest BCUT2D eigenvalue weighted by atomic mass is 32.2. The molecule has 0 spiro atoms. The van der Waals surface area contributed by atoms with Gasteiger partial charge in [-0.1, -0.05) is 13.3 Å². The topological polar surface area (TPSA) is 84.5 Å². The van der Waals surface area contributed by atoms with Crippen LogP contribution < -0.4 is 10.6 Å². The van der Waals surface area contributed by atoms with Crippen molar-refractivity contribution in [2.75, 3.05) is 5.73 Å². The average Bonchev–Trinajstić information content (AvgIpc) is 2.38.